The second kappa shape index (κ2) is 15.5. The molecule has 1 aliphatic rings. The summed E-state index contributed by atoms with van der Waals surface area (Å²) in [6.45, 7) is 7.11. The van der Waals surface area contributed by atoms with E-state index in [9.17, 15) is 14.4 Å². The monoisotopic (exact) mass is 472 g/mol. The number of hydrogen-bond donors (Lipinski definition) is 4. The molecule has 1 fully saturated rings. The molecule has 7 nitrogen and oxygen atoms in total. The smallest absolute Gasteiger partial charge is 0.242 e. The highest BCUT2D eigenvalue weighted by Gasteiger charge is 2.27. The summed E-state index contributed by atoms with van der Waals surface area (Å²) in [7, 11) is 0. The summed E-state index contributed by atoms with van der Waals surface area (Å²) in [5, 5.41) is 12.1. The zero-order valence-corrected chi connectivity index (χ0v) is 21.2. The average Bonchev–Trinajstić information content (AvgIpc) is 2.80. The minimum Gasteiger partial charge on any atom is -0.354 e. The Morgan fingerprint density at radius 2 is 1.38 bits per heavy atom. The number of nitrogens with one attached hydrogen (secondary N) is 4. The number of carbonyl (C=O) groups excluding carboxylic acids is 3. The fourth-order valence-electron chi connectivity index (χ4n) is 4.23. The predicted octanol–water partition coefficient (Wildman–Crippen LogP) is 3.08. The van der Waals surface area contributed by atoms with Gasteiger partial charge in [0.1, 0.15) is 12.1 Å². The summed E-state index contributed by atoms with van der Waals surface area (Å²) in [5.74, 6) is -0.441. The molecule has 0 radical (unpaired) electrons. The lowest BCUT2D eigenvalue weighted by Crippen LogP contribution is -2.56. The largest absolute Gasteiger partial charge is 0.354 e. The molecule has 0 saturated carbocycles. The van der Waals surface area contributed by atoms with Gasteiger partial charge < -0.3 is 21.3 Å². The van der Waals surface area contributed by atoms with Crippen LogP contribution in [0, 0.1) is 5.92 Å². The van der Waals surface area contributed by atoms with Crippen molar-refractivity contribution in [2.75, 3.05) is 13.1 Å². The molecular formula is C27H44N4O3. The van der Waals surface area contributed by atoms with Crippen LogP contribution >= 0.6 is 0 Å². The Labute approximate surface area is 205 Å². The van der Waals surface area contributed by atoms with E-state index in [1.807, 2.05) is 44.2 Å². The van der Waals surface area contributed by atoms with Crippen molar-refractivity contribution >= 4 is 17.7 Å². The van der Waals surface area contributed by atoms with Crippen LogP contribution in [-0.2, 0) is 20.8 Å². The molecule has 0 aromatic heterocycles. The number of amides is 3. The van der Waals surface area contributed by atoms with Crippen LogP contribution in [0.5, 0.6) is 0 Å². The maximum atomic E-state index is 13.1. The fraction of sp³-hybridized carbons (Fsp3) is 0.667. The normalized spacial score (nSPS) is 24.8. The van der Waals surface area contributed by atoms with Crippen LogP contribution in [0.4, 0.5) is 0 Å². The van der Waals surface area contributed by atoms with Crippen molar-refractivity contribution in [3.05, 3.63) is 35.9 Å². The van der Waals surface area contributed by atoms with Crippen LogP contribution in [0.1, 0.15) is 77.7 Å². The summed E-state index contributed by atoms with van der Waals surface area (Å²) in [4.78, 5) is 38.7. The molecule has 2 rings (SSSR count). The molecule has 0 unspecified atom stereocenters. The SMILES string of the molecule is CC(C)C[C@@H]1NC(=O)[C@H](C)NC(=O)[C@H](Cc2ccccc2)NCCCCCCCCCNC1=O. The Hall–Kier alpha value is -2.41. The van der Waals surface area contributed by atoms with Gasteiger partial charge in [0, 0.05) is 6.54 Å². The van der Waals surface area contributed by atoms with E-state index < -0.39 is 18.1 Å². The highest BCUT2D eigenvalue weighted by Crippen LogP contribution is 2.09. The zero-order chi connectivity index (χ0) is 24.8. The summed E-state index contributed by atoms with van der Waals surface area (Å²) in [6, 6.07) is 8.14. The highest BCUT2D eigenvalue weighted by molar-refractivity contribution is 5.92. The standard InChI is InChI=1S/C27H44N4O3/c1-20(2)18-24-26(33)29-17-13-8-6-4-5-7-12-16-28-23(19-22-14-10-9-11-15-22)27(34)30-21(3)25(32)31-24/h9-11,14-15,20-21,23-24,28H,4-8,12-13,16-19H2,1-3H3,(H,29,33)(H,30,34)(H,31,32)/t21-,23-,24-/m0/s1. The van der Waals surface area contributed by atoms with Crippen LogP contribution in [-0.4, -0.2) is 48.9 Å². The first-order chi connectivity index (χ1) is 16.4. The van der Waals surface area contributed by atoms with Crippen molar-refractivity contribution < 1.29 is 14.4 Å². The molecule has 1 aromatic rings. The molecule has 1 aromatic carbocycles. The maximum Gasteiger partial charge on any atom is 0.242 e. The van der Waals surface area contributed by atoms with Crippen LogP contribution in [0.3, 0.4) is 0 Å². The van der Waals surface area contributed by atoms with Crippen LogP contribution in [0.25, 0.3) is 0 Å². The predicted molar refractivity (Wildman–Crippen MR) is 136 cm³/mol. The van der Waals surface area contributed by atoms with E-state index >= 15 is 0 Å². The van der Waals surface area contributed by atoms with E-state index in [0.29, 0.717) is 19.4 Å². The van der Waals surface area contributed by atoms with Crippen LogP contribution < -0.4 is 21.3 Å². The summed E-state index contributed by atoms with van der Waals surface area (Å²) >= 11 is 0. The van der Waals surface area contributed by atoms with Crippen molar-refractivity contribution in [3.8, 4) is 0 Å². The first kappa shape index (κ1) is 27.8. The molecule has 1 aliphatic heterocycles. The lowest BCUT2D eigenvalue weighted by molar-refractivity contribution is -0.132. The summed E-state index contributed by atoms with van der Waals surface area (Å²) < 4.78 is 0. The second-order valence-electron chi connectivity index (χ2n) is 9.88. The van der Waals surface area contributed by atoms with Crippen LogP contribution in [0.15, 0.2) is 30.3 Å². The Kier molecular flexibility index (Phi) is 12.7. The molecular weight excluding hydrogens is 428 g/mol. The second-order valence-corrected chi connectivity index (χ2v) is 9.88. The number of benzene rings is 1. The molecule has 3 atom stereocenters. The topological polar surface area (TPSA) is 99.3 Å². The van der Waals surface area contributed by atoms with Crippen molar-refractivity contribution in [1.82, 2.24) is 21.3 Å². The van der Waals surface area contributed by atoms with Crippen molar-refractivity contribution in [2.24, 2.45) is 5.92 Å². The number of rotatable bonds is 4. The molecule has 7 heteroatoms. The Morgan fingerprint density at radius 3 is 2.03 bits per heavy atom. The number of carbonyl (C=O) groups is 3. The highest BCUT2D eigenvalue weighted by atomic mass is 16.2. The minimum atomic E-state index is -0.739. The van der Waals surface area contributed by atoms with Gasteiger partial charge >= 0.3 is 0 Å². The van der Waals surface area contributed by atoms with Crippen molar-refractivity contribution in [2.45, 2.75) is 96.7 Å². The van der Waals surface area contributed by atoms with Gasteiger partial charge in [-0.05, 0) is 50.6 Å². The average molecular weight is 473 g/mol. The Bertz CT molecular complexity index is 754. The van der Waals surface area contributed by atoms with Gasteiger partial charge in [0.05, 0.1) is 6.04 Å². The third-order valence-corrected chi connectivity index (χ3v) is 6.23. The van der Waals surface area contributed by atoms with Gasteiger partial charge in [0.25, 0.3) is 0 Å². The summed E-state index contributed by atoms with van der Waals surface area (Å²) in [6.07, 6.45) is 8.81. The van der Waals surface area contributed by atoms with Gasteiger partial charge in [-0.3, -0.25) is 14.4 Å². The maximum absolute atomic E-state index is 13.1. The van der Waals surface area contributed by atoms with Gasteiger partial charge in [-0.2, -0.15) is 0 Å². The molecule has 0 spiro atoms. The molecule has 1 heterocycles. The Balaban J connectivity index is 2.09. The molecule has 190 valence electrons. The van der Waals surface area contributed by atoms with Gasteiger partial charge in [0.2, 0.25) is 17.7 Å². The fourth-order valence-corrected chi connectivity index (χ4v) is 4.23. The minimum absolute atomic E-state index is 0.151. The lowest BCUT2D eigenvalue weighted by Gasteiger charge is -2.24. The number of hydrogen-bond acceptors (Lipinski definition) is 4. The molecule has 34 heavy (non-hydrogen) atoms. The van der Waals surface area contributed by atoms with Gasteiger partial charge in [-0.25, -0.2) is 0 Å². The molecule has 1 saturated heterocycles. The van der Waals surface area contributed by atoms with E-state index in [-0.39, 0.29) is 23.6 Å². The molecule has 3 amide bonds. The zero-order valence-electron chi connectivity index (χ0n) is 21.2. The quantitative estimate of drug-likeness (QED) is 0.541. The third kappa shape index (κ3) is 10.7. The van der Waals surface area contributed by atoms with Crippen LogP contribution in [0.2, 0.25) is 0 Å². The Morgan fingerprint density at radius 1 is 0.765 bits per heavy atom. The van der Waals surface area contributed by atoms with Crippen molar-refractivity contribution in [1.29, 1.82) is 0 Å². The molecule has 0 aliphatic carbocycles. The van der Waals surface area contributed by atoms with Gasteiger partial charge in [0.15, 0.2) is 0 Å². The molecule has 0 bridgehead atoms. The van der Waals surface area contributed by atoms with Crippen molar-refractivity contribution in [3.63, 3.8) is 0 Å². The van der Waals surface area contributed by atoms with E-state index in [1.54, 1.807) is 6.92 Å². The van der Waals surface area contributed by atoms with Gasteiger partial charge in [-0.1, -0.05) is 76.3 Å². The first-order valence-corrected chi connectivity index (χ1v) is 13.0. The van der Waals surface area contributed by atoms with E-state index in [4.69, 9.17) is 0 Å². The lowest BCUT2D eigenvalue weighted by atomic mass is 10.0. The van der Waals surface area contributed by atoms with Gasteiger partial charge in [-0.15, -0.1) is 0 Å². The third-order valence-electron chi connectivity index (χ3n) is 6.23. The van der Waals surface area contributed by atoms with E-state index in [2.05, 4.69) is 21.3 Å². The molecule has 4 N–H and O–H groups in total. The first-order valence-electron chi connectivity index (χ1n) is 13.0. The van der Waals surface area contributed by atoms with E-state index in [0.717, 1.165) is 44.2 Å². The summed E-state index contributed by atoms with van der Waals surface area (Å²) in [5.41, 5.74) is 1.07. The van der Waals surface area contributed by atoms with E-state index in [1.165, 1.54) is 12.8 Å².